The second kappa shape index (κ2) is 8.95. The first kappa shape index (κ1) is 22.2. The summed E-state index contributed by atoms with van der Waals surface area (Å²) in [5.41, 5.74) is 4.26. The summed E-state index contributed by atoms with van der Waals surface area (Å²) < 4.78 is 5.59. The molecule has 3 heterocycles. The minimum Gasteiger partial charge on any atom is -0.469 e. The number of aromatic nitrogens is 1. The minimum atomic E-state index is -0.583. The molecule has 0 bridgehead atoms. The summed E-state index contributed by atoms with van der Waals surface area (Å²) in [6.07, 6.45) is 4.24. The SMILES string of the molecule is CC1=C(C(=O)Nc2ccc(C)cn2)[C@H](c2ccccc2Cl)C2=C(C[C@H](c3ccco3)CC2=O)N1. The highest BCUT2D eigenvalue weighted by molar-refractivity contribution is 6.31. The Labute approximate surface area is 202 Å². The van der Waals surface area contributed by atoms with Gasteiger partial charge >= 0.3 is 0 Å². The predicted octanol–water partition coefficient (Wildman–Crippen LogP) is 5.64. The Morgan fingerprint density at radius 2 is 1.94 bits per heavy atom. The van der Waals surface area contributed by atoms with E-state index in [4.69, 9.17) is 16.0 Å². The van der Waals surface area contributed by atoms with Gasteiger partial charge in [0.25, 0.3) is 5.91 Å². The molecule has 1 aliphatic carbocycles. The molecule has 1 aromatic carbocycles. The molecular formula is C27H24ClN3O3. The molecule has 1 aliphatic heterocycles. The third-order valence-corrected chi connectivity index (χ3v) is 6.73. The van der Waals surface area contributed by atoms with Crippen molar-refractivity contribution in [2.24, 2.45) is 0 Å². The van der Waals surface area contributed by atoms with E-state index in [1.165, 1.54) is 0 Å². The Hall–Kier alpha value is -3.64. The molecule has 34 heavy (non-hydrogen) atoms. The van der Waals surface area contributed by atoms with Gasteiger partial charge in [0, 0.05) is 52.0 Å². The molecule has 0 fully saturated rings. The number of amides is 1. The average Bonchev–Trinajstić information content (AvgIpc) is 3.35. The molecule has 3 aromatic rings. The number of carbonyl (C=O) groups is 2. The third-order valence-electron chi connectivity index (χ3n) is 6.39. The molecule has 172 valence electrons. The van der Waals surface area contributed by atoms with Crippen molar-refractivity contribution in [2.75, 3.05) is 5.32 Å². The first-order valence-corrected chi connectivity index (χ1v) is 11.6. The molecule has 0 saturated heterocycles. The van der Waals surface area contributed by atoms with Crippen LogP contribution in [0.4, 0.5) is 5.82 Å². The fourth-order valence-electron chi connectivity index (χ4n) is 4.81. The number of aryl methyl sites for hydroxylation is 1. The molecule has 0 saturated carbocycles. The highest BCUT2D eigenvalue weighted by Crippen LogP contribution is 2.47. The summed E-state index contributed by atoms with van der Waals surface area (Å²) in [5.74, 6) is 0.249. The molecule has 2 aliphatic rings. The maximum absolute atomic E-state index is 13.6. The Morgan fingerprint density at radius 3 is 2.65 bits per heavy atom. The summed E-state index contributed by atoms with van der Waals surface area (Å²) in [7, 11) is 0. The highest BCUT2D eigenvalue weighted by Gasteiger charge is 2.42. The van der Waals surface area contributed by atoms with Crippen LogP contribution in [-0.2, 0) is 9.59 Å². The van der Waals surface area contributed by atoms with Gasteiger partial charge in [-0.15, -0.1) is 0 Å². The smallest absolute Gasteiger partial charge is 0.255 e. The van der Waals surface area contributed by atoms with E-state index >= 15 is 0 Å². The number of nitrogens with one attached hydrogen (secondary N) is 2. The number of ketones is 1. The lowest BCUT2D eigenvalue weighted by atomic mass is 9.72. The van der Waals surface area contributed by atoms with E-state index in [-0.39, 0.29) is 17.6 Å². The van der Waals surface area contributed by atoms with Gasteiger partial charge in [-0.25, -0.2) is 4.98 Å². The van der Waals surface area contributed by atoms with Gasteiger partial charge in [-0.2, -0.15) is 0 Å². The van der Waals surface area contributed by atoms with Crippen molar-refractivity contribution < 1.29 is 14.0 Å². The van der Waals surface area contributed by atoms with Crippen LogP contribution >= 0.6 is 11.6 Å². The number of hydrogen-bond acceptors (Lipinski definition) is 5. The van der Waals surface area contributed by atoms with E-state index in [0.717, 1.165) is 22.6 Å². The summed E-state index contributed by atoms with van der Waals surface area (Å²) in [5, 5.41) is 6.76. The second-order valence-electron chi connectivity index (χ2n) is 8.73. The zero-order valence-electron chi connectivity index (χ0n) is 18.9. The molecule has 5 rings (SSSR count). The van der Waals surface area contributed by atoms with Gasteiger partial charge in [-0.1, -0.05) is 35.9 Å². The molecular weight excluding hydrogens is 450 g/mol. The van der Waals surface area contributed by atoms with E-state index in [1.54, 1.807) is 24.6 Å². The molecule has 1 amide bonds. The van der Waals surface area contributed by atoms with Crippen LogP contribution < -0.4 is 10.6 Å². The van der Waals surface area contributed by atoms with Gasteiger partial charge in [0.05, 0.1) is 6.26 Å². The number of Topliss-reactive ketones (excluding diaryl/α,β-unsaturated/α-hetero) is 1. The first-order chi connectivity index (χ1) is 16.4. The van der Waals surface area contributed by atoms with Crippen molar-refractivity contribution in [3.8, 4) is 0 Å². The van der Waals surface area contributed by atoms with E-state index in [0.29, 0.717) is 40.5 Å². The summed E-state index contributed by atoms with van der Waals surface area (Å²) in [4.78, 5) is 31.4. The lowest BCUT2D eigenvalue weighted by Gasteiger charge is -2.36. The normalized spacial score (nSPS) is 20.1. The number of dihydropyridines is 1. The van der Waals surface area contributed by atoms with E-state index < -0.39 is 5.92 Å². The van der Waals surface area contributed by atoms with Crippen molar-refractivity contribution in [1.82, 2.24) is 10.3 Å². The number of pyridine rings is 1. The molecule has 0 radical (unpaired) electrons. The largest absolute Gasteiger partial charge is 0.469 e. The molecule has 2 N–H and O–H groups in total. The topological polar surface area (TPSA) is 84.2 Å². The van der Waals surface area contributed by atoms with Gasteiger partial charge in [0.15, 0.2) is 5.78 Å². The number of anilines is 1. The van der Waals surface area contributed by atoms with Gasteiger partial charge in [0.2, 0.25) is 0 Å². The van der Waals surface area contributed by atoms with Crippen LogP contribution in [0.25, 0.3) is 0 Å². The van der Waals surface area contributed by atoms with E-state index in [2.05, 4.69) is 15.6 Å². The molecule has 6 nitrogen and oxygen atoms in total. The molecule has 0 unspecified atom stereocenters. The van der Waals surface area contributed by atoms with Crippen molar-refractivity contribution in [1.29, 1.82) is 0 Å². The average molecular weight is 474 g/mol. The fraction of sp³-hybridized carbons (Fsp3) is 0.222. The molecule has 2 aromatic heterocycles. The van der Waals surface area contributed by atoms with Gasteiger partial charge in [-0.3, -0.25) is 9.59 Å². The van der Waals surface area contributed by atoms with Crippen molar-refractivity contribution in [2.45, 2.75) is 38.5 Å². The number of benzene rings is 1. The van der Waals surface area contributed by atoms with Gasteiger partial charge < -0.3 is 15.1 Å². The monoisotopic (exact) mass is 473 g/mol. The van der Waals surface area contributed by atoms with Crippen LogP contribution in [0.2, 0.25) is 5.02 Å². The molecule has 7 heteroatoms. The lowest BCUT2D eigenvalue weighted by Crippen LogP contribution is -2.37. The maximum Gasteiger partial charge on any atom is 0.255 e. The van der Waals surface area contributed by atoms with Crippen molar-refractivity contribution in [3.63, 3.8) is 0 Å². The van der Waals surface area contributed by atoms with Crippen LogP contribution in [-0.4, -0.2) is 16.7 Å². The van der Waals surface area contributed by atoms with Crippen LogP contribution in [0.3, 0.4) is 0 Å². The van der Waals surface area contributed by atoms with Crippen molar-refractivity contribution in [3.05, 3.63) is 105 Å². The van der Waals surface area contributed by atoms with Crippen LogP contribution in [0.5, 0.6) is 0 Å². The molecule has 2 atom stereocenters. The number of rotatable bonds is 4. The zero-order valence-corrected chi connectivity index (χ0v) is 19.6. The number of halogens is 1. The Morgan fingerprint density at radius 1 is 1.12 bits per heavy atom. The van der Waals surface area contributed by atoms with Crippen LogP contribution in [0.15, 0.2) is 87.9 Å². The predicted molar refractivity (Wildman–Crippen MR) is 130 cm³/mol. The Balaban J connectivity index is 1.57. The first-order valence-electron chi connectivity index (χ1n) is 11.2. The molecule has 0 spiro atoms. The maximum atomic E-state index is 13.6. The van der Waals surface area contributed by atoms with Crippen LogP contribution in [0.1, 0.15) is 48.5 Å². The van der Waals surface area contributed by atoms with Crippen molar-refractivity contribution >= 4 is 29.1 Å². The van der Waals surface area contributed by atoms with Gasteiger partial charge in [0.1, 0.15) is 11.6 Å². The van der Waals surface area contributed by atoms with Crippen LogP contribution in [0, 0.1) is 6.92 Å². The quantitative estimate of drug-likeness (QED) is 0.512. The fourth-order valence-corrected chi connectivity index (χ4v) is 5.06. The lowest BCUT2D eigenvalue weighted by molar-refractivity contribution is -0.116. The standard InChI is InChI=1S/C27H24ClN3O3/c1-15-9-10-23(29-14-15)31-27(33)24-16(2)30-20-12-17(22-8-5-11-34-22)13-21(32)26(20)25(24)18-6-3-4-7-19(18)28/h3-11,14,17,25,30H,12-13H2,1-2H3,(H,29,31,33)/t17-,25-/m0/s1. The Bertz CT molecular complexity index is 1320. The summed E-state index contributed by atoms with van der Waals surface area (Å²) in [6, 6.07) is 14.7. The second-order valence-corrected chi connectivity index (χ2v) is 9.14. The minimum absolute atomic E-state index is 0.0219. The third kappa shape index (κ3) is 4.05. The number of furan rings is 1. The summed E-state index contributed by atoms with van der Waals surface area (Å²) >= 11 is 6.61. The number of carbonyl (C=O) groups excluding carboxylic acids is 2. The Kier molecular flexibility index (Phi) is 5.84. The van der Waals surface area contributed by atoms with E-state index in [9.17, 15) is 9.59 Å². The van der Waals surface area contributed by atoms with E-state index in [1.807, 2.05) is 50.2 Å². The number of allylic oxidation sites excluding steroid dienone is 3. The van der Waals surface area contributed by atoms with Gasteiger partial charge in [-0.05, 0) is 55.7 Å². The number of hydrogen-bond donors (Lipinski definition) is 2. The number of nitrogens with zero attached hydrogens (tertiary/aromatic N) is 1. The zero-order chi connectivity index (χ0) is 23.8. The summed E-state index contributed by atoms with van der Waals surface area (Å²) in [6.45, 7) is 3.79. The highest BCUT2D eigenvalue weighted by atomic mass is 35.5.